The van der Waals surface area contributed by atoms with Crippen molar-refractivity contribution in [3.8, 4) is 0 Å². The van der Waals surface area contributed by atoms with Crippen molar-refractivity contribution in [3.63, 3.8) is 0 Å². The van der Waals surface area contributed by atoms with E-state index in [1.54, 1.807) is 0 Å². The molecule has 2 aromatic carbocycles. The van der Waals surface area contributed by atoms with Gasteiger partial charge in [-0.25, -0.2) is 0 Å². The predicted molar refractivity (Wildman–Crippen MR) is 85.3 cm³/mol. The zero-order chi connectivity index (χ0) is 13.0. The van der Waals surface area contributed by atoms with Gasteiger partial charge < -0.3 is 4.90 Å². The molecule has 0 fully saturated rings. The van der Waals surface area contributed by atoms with Gasteiger partial charge in [-0.2, -0.15) is 0 Å². The van der Waals surface area contributed by atoms with Gasteiger partial charge in [-0.3, -0.25) is 0 Å². The molecule has 0 aliphatic rings. The molecule has 102 valence electrons. The highest BCUT2D eigenvalue weighted by molar-refractivity contribution is 6.30. The molecule has 0 aliphatic heterocycles. The molecule has 1 nitrogen and oxygen atoms in total. The van der Waals surface area contributed by atoms with Crippen LogP contribution in [0.4, 0.5) is 0 Å². The second kappa shape index (κ2) is 7.54. The van der Waals surface area contributed by atoms with Gasteiger partial charge in [0.2, 0.25) is 0 Å². The molecule has 0 radical (unpaired) electrons. The van der Waals surface area contributed by atoms with Gasteiger partial charge in [0.15, 0.2) is 0 Å². The molecule has 0 aromatic heterocycles. The zero-order valence-electron chi connectivity index (χ0n) is 11.3. The minimum absolute atomic E-state index is 0. The highest BCUT2D eigenvalue weighted by Gasteiger charge is 1.98. The van der Waals surface area contributed by atoms with E-state index >= 15 is 0 Å². The molecule has 0 saturated carbocycles. The smallest absolute Gasteiger partial charge is 0.0406 e. The fraction of sp³-hybridized carbons (Fsp3) is 0.250. The van der Waals surface area contributed by atoms with Gasteiger partial charge in [0, 0.05) is 11.6 Å². The quantitative estimate of drug-likeness (QED) is 0.807. The predicted octanol–water partition coefficient (Wildman–Crippen LogP) is 4.41. The first-order valence-corrected chi connectivity index (χ1v) is 6.48. The maximum absolute atomic E-state index is 5.88. The van der Waals surface area contributed by atoms with Crippen molar-refractivity contribution in [1.29, 1.82) is 0 Å². The molecule has 19 heavy (non-hydrogen) atoms. The van der Waals surface area contributed by atoms with Crippen molar-refractivity contribution in [3.05, 3.63) is 70.2 Å². The molecule has 0 spiro atoms. The molecular weight excluding hydrogens is 277 g/mol. The third-order valence-electron chi connectivity index (χ3n) is 2.84. The van der Waals surface area contributed by atoms with Gasteiger partial charge in [-0.05, 0) is 49.3 Å². The Morgan fingerprint density at radius 1 is 0.789 bits per heavy atom. The summed E-state index contributed by atoms with van der Waals surface area (Å²) in [5.74, 6) is 0. The molecule has 0 heterocycles. The van der Waals surface area contributed by atoms with E-state index in [1.165, 1.54) is 16.7 Å². The second-order valence-corrected chi connectivity index (χ2v) is 5.29. The average molecular weight is 296 g/mol. The molecule has 0 aliphatic carbocycles. The SMILES string of the molecule is CN(C)Cc1ccc(Cc2ccc(Cl)cc2)cc1.Cl. The van der Waals surface area contributed by atoms with Gasteiger partial charge in [-0.1, -0.05) is 48.0 Å². The molecule has 2 rings (SSSR count). The Kier molecular flexibility index (Phi) is 6.36. The molecule has 3 heteroatoms. The van der Waals surface area contributed by atoms with Crippen LogP contribution in [0.25, 0.3) is 0 Å². The van der Waals surface area contributed by atoms with E-state index in [2.05, 4.69) is 55.4 Å². The Bertz CT molecular complexity index is 489. The summed E-state index contributed by atoms with van der Waals surface area (Å²) in [4.78, 5) is 2.17. The van der Waals surface area contributed by atoms with Crippen molar-refractivity contribution in [2.75, 3.05) is 14.1 Å². The molecule has 0 atom stereocenters. The second-order valence-electron chi connectivity index (χ2n) is 4.86. The summed E-state index contributed by atoms with van der Waals surface area (Å²) >= 11 is 5.88. The van der Waals surface area contributed by atoms with E-state index in [9.17, 15) is 0 Å². The van der Waals surface area contributed by atoms with Crippen molar-refractivity contribution >= 4 is 24.0 Å². The average Bonchev–Trinajstić information content (AvgIpc) is 2.34. The van der Waals surface area contributed by atoms with Crippen molar-refractivity contribution in [2.45, 2.75) is 13.0 Å². The summed E-state index contributed by atoms with van der Waals surface area (Å²) in [5.41, 5.74) is 3.97. The molecule has 0 amide bonds. The Balaban J connectivity index is 0.00000180. The number of halogens is 2. The third kappa shape index (κ3) is 5.23. The van der Waals surface area contributed by atoms with Crippen molar-refractivity contribution < 1.29 is 0 Å². The Hall–Kier alpha value is -1.02. The normalized spacial score (nSPS) is 10.3. The van der Waals surface area contributed by atoms with E-state index in [4.69, 9.17) is 11.6 Å². The van der Waals surface area contributed by atoms with Crippen LogP contribution in [0.5, 0.6) is 0 Å². The fourth-order valence-corrected chi connectivity index (χ4v) is 2.09. The lowest BCUT2D eigenvalue weighted by Gasteiger charge is -2.10. The number of rotatable bonds is 4. The van der Waals surface area contributed by atoms with E-state index < -0.39 is 0 Å². The Morgan fingerprint density at radius 2 is 1.21 bits per heavy atom. The van der Waals surface area contributed by atoms with Crippen LogP contribution in [0.15, 0.2) is 48.5 Å². The maximum atomic E-state index is 5.88. The highest BCUT2D eigenvalue weighted by atomic mass is 35.5. The Labute approximate surface area is 126 Å². The Morgan fingerprint density at radius 3 is 1.68 bits per heavy atom. The van der Waals surface area contributed by atoms with Gasteiger partial charge >= 0.3 is 0 Å². The van der Waals surface area contributed by atoms with E-state index in [-0.39, 0.29) is 12.4 Å². The monoisotopic (exact) mass is 295 g/mol. The number of hydrogen-bond donors (Lipinski definition) is 0. The number of hydrogen-bond acceptors (Lipinski definition) is 1. The first-order valence-electron chi connectivity index (χ1n) is 6.10. The van der Waals surface area contributed by atoms with Gasteiger partial charge in [-0.15, -0.1) is 12.4 Å². The van der Waals surface area contributed by atoms with Crippen LogP contribution in [0.1, 0.15) is 16.7 Å². The topological polar surface area (TPSA) is 3.24 Å². The number of benzene rings is 2. The molecular formula is C16H19Cl2N. The lowest BCUT2D eigenvalue weighted by Crippen LogP contribution is -2.10. The van der Waals surface area contributed by atoms with E-state index in [1.807, 2.05) is 12.1 Å². The summed E-state index contributed by atoms with van der Waals surface area (Å²) in [6.07, 6.45) is 0.958. The summed E-state index contributed by atoms with van der Waals surface area (Å²) in [6, 6.07) is 16.8. The van der Waals surface area contributed by atoms with Crippen molar-refractivity contribution in [1.82, 2.24) is 4.90 Å². The minimum Gasteiger partial charge on any atom is -0.305 e. The summed E-state index contributed by atoms with van der Waals surface area (Å²) < 4.78 is 0. The standard InChI is InChI=1S/C16H18ClN.ClH/c1-18(2)12-15-5-3-13(4-6-15)11-14-7-9-16(17)10-8-14;/h3-10H,11-12H2,1-2H3;1H. The molecule has 0 saturated heterocycles. The zero-order valence-corrected chi connectivity index (χ0v) is 12.8. The molecule has 0 bridgehead atoms. The lowest BCUT2D eigenvalue weighted by molar-refractivity contribution is 0.402. The summed E-state index contributed by atoms with van der Waals surface area (Å²) in [7, 11) is 4.17. The van der Waals surface area contributed by atoms with Crippen LogP contribution < -0.4 is 0 Å². The molecule has 2 aromatic rings. The van der Waals surface area contributed by atoms with Crippen molar-refractivity contribution in [2.24, 2.45) is 0 Å². The van der Waals surface area contributed by atoms with Crippen LogP contribution in [0, 0.1) is 0 Å². The first-order chi connectivity index (χ1) is 8.63. The highest BCUT2D eigenvalue weighted by Crippen LogP contribution is 2.14. The summed E-state index contributed by atoms with van der Waals surface area (Å²) in [5, 5.41) is 0.792. The largest absolute Gasteiger partial charge is 0.305 e. The van der Waals surface area contributed by atoms with Gasteiger partial charge in [0.25, 0.3) is 0 Å². The van der Waals surface area contributed by atoms with Crippen LogP contribution in [-0.4, -0.2) is 19.0 Å². The third-order valence-corrected chi connectivity index (χ3v) is 3.10. The van der Waals surface area contributed by atoms with Gasteiger partial charge in [0.1, 0.15) is 0 Å². The van der Waals surface area contributed by atoms with Crippen LogP contribution in [-0.2, 0) is 13.0 Å². The van der Waals surface area contributed by atoms with Gasteiger partial charge in [0.05, 0.1) is 0 Å². The molecule has 0 N–H and O–H groups in total. The number of nitrogens with zero attached hydrogens (tertiary/aromatic N) is 1. The lowest BCUT2D eigenvalue weighted by atomic mass is 10.0. The van der Waals surface area contributed by atoms with E-state index in [0.717, 1.165) is 18.0 Å². The maximum Gasteiger partial charge on any atom is 0.0406 e. The van der Waals surface area contributed by atoms with Crippen LogP contribution in [0.2, 0.25) is 5.02 Å². The van der Waals surface area contributed by atoms with E-state index in [0.29, 0.717) is 0 Å². The molecule has 0 unspecified atom stereocenters. The summed E-state index contributed by atoms with van der Waals surface area (Å²) in [6.45, 7) is 0.987. The first kappa shape index (κ1) is 16.0. The van der Waals surface area contributed by atoms with Crippen LogP contribution in [0.3, 0.4) is 0 Å². The minimum atomic E-state index is 0. The van der Waals surface area contributed by atoms with Crippen LogP contribution >= 0.6 is 24.0 Å². The fourth-order valence-electron chi connectivity index (χ4n) is 1.97.